The van der Waals surface area contributed by atoms with Gasteiger partial charge in [0.25, 0.3) is 5.91 Å². The Hall–Kier alpha value is -2.04. The van der Waals surface area contributed by atoms with E-state index in [1.807, 2.05) is 45.9 Å². The lowest BCUT2D eigenvalue weighted by atomic mass is 9.97. The second-order valence-electron chi connectivity index (χ2n) is 6.36. The van der Waals surface area contributed by atoms with Gasteiger partial charge in [-0.15, -0.1) is 0 Å². The monoisotopic (exact) mass is 305 g/mol. The SMILES string of the molecule is CNC(=O)CCC(C)(C)NC(=O)c1ccccc1NC(C)C. The van der Waals surface area contributed by atoms with Gasteiger partial charge in [0, 0.05) is 30.7 Å². The number of hydrogen-bond acceptors (Lipinski definition) is 3. The van der Waals surface area contributed by atoms with E-state index in [2.05, 4.69) is 16.0 Å². The number of hydrogen-bond donors (Lipinski definition) is 3. The van der Waals surface area contributed by atoms with Crippen molar-refractivity contribution in [3.63, 3.8) is 0 Å². The molecule has 1 rings (SSSR count). The van der Waals surface area contributed by atoms with Crippen LogP contribution in [0.1, 0.15) is 50.9 Å². The number of carbonyl (C=O) groups excluding carboxylic acids is 2. The van der Waals surface area contributed by atoms with Crippen molar-refractivity contribution in [3.05, 3.63) is 29.8 Å². The van der Waals surface area contributed by atoms with Crippen LogP contribution in [0.3, 0.4) is 0 Å². The van der Waals surface area contributed by atoms with Crippen LogP contribution in [0.4, 0.5) is 5.69 Å². The van der Waals surface area contributed by atoms with Gasteiger partial charge in [0.15, 0.2) is 0 Å². The molecule has 0 aliphatic heterocycles. The summed E-state index contributed by atoms with van der Waals surface area (Å²) in [4.78, 5) is 23.9. The zero-order chi connectivity index (χ0) is 16.8. The highest BCUT2D eigenvalue weighted by atomic mass is 16.2. The van der Waals surface area contributed by atoms with Crippen molar-refractivity contribution in [2.45, 2.75) is 52.1 Å². The molecule has 3 N–H and O–H groups in total. The van der Waals surface area contributed by atoms with Crippen molar-refractivity contribution in [2.75, 3.05) is 12.4 Å². The van der Waals surface area contributed by atoms with E-state index in [9.17, 15) is 9.59 Å². The van der Waals surface area contributed by atoms with Gasteiger partial charge in [-0.1, -0.05) is 12.1 Å². The van der Waals surface area contributed by atoms with Gasteiger partial charge >= 0.3 is 0 Å². The lowest BCUT2D eigenvalue weighted by Crippen LogP contribution is -2.44. The molecule has 0 bridgehead atoms. The zero-order valence-electron chi connectivity index (χ0n) is 14.1. The molecule has 1 aromatic carbocycles. The third-order valence-electron chi connectivity index (χ3n) is 3.32. The average Bonchev–Trinajstić information content (AvgIpc) is 2.44. The Morgan fingerprint density at radius 2 is 1.82 bits per heavy atom. The molecule has 5 heteroatoms. The van der Waals surface area contributed by atoms with Crippen LogP contribution in [0.15, 0.2) is 24.3 Å². The van der Waals surface area contributed by atoms with Gasteiger partial charge in [0.1, 0.15) is 0 Å². The summed E-state index contributed by atoms with van der Waals surface area (Å²) in [7, 11) is 1.61. The van der Waals surface area contributed by atoms with E-state index in [4.69, 9.17) is 0 Å². The number of amides is 2. The Morgan fingerprint density at radius 3 is 2.41 bits per heavy atom. The maximum atomic E-state index is 12.5. The van der Waals surface area contributed by atoms with Gasteiger partial charge in [-0.3, -0.25) is 9.59 Å². The third-order valence-corrected chi connectivity index (χ3v) is 3.32. The van der Waals surface area contributed by atoms with Crippen molar-refractivity contribution in [1.29, 1.82) is 0 Å². The normalized spacial score (nSPS) is 11.2. The predicted octanol–water partition coefficient (Wildman–Crippen LogP) is 2.54. The summed E-state index contributed by atoms with van der Waals surface area (Å²) in [6.07, 6.45) is 0.966. The summed E-state index contributed by atoms with van der Waals surface area (Å²) in [6.45, 7) is 7.91. The number of nitrogens with one attached hydrogen (secondary N) is 3. The topological polar surface area (TPSA) is 70.2 Å². The molecule has 1 aromatic rings. The largest absolute Gasteiger partial charge is 0.382 e. The van der Waals surface area contributed by atoms with E-state index in [-0.39, 0.29) is 17.9 Å². The van der Waals surface area contributed by atoms with Gasteiger partial charge in [-0.25, -0.2) is 0 Å². The van der Waals surface area contributed by atoms with E-state index in [0.29, 0.717) is 18.4 Å². The van der Waals surface area contributed by atoms with E-state index in [1.165, 1.54) is 0 Å². The highest BCUT2D eigenvalue weighted by Gasteiger charge is 2.23. The minimum Gasteiger partial charge on any atom is -0.382 e. The van der Waals surface area contributed by atoms with Crippen molar-refractivity contribution in [1.82, 2.24) is 10.6 Å². The van der Waals surface area contributed by atoms with E-state index < -0.39 is 5.54 Å². The van der Waals surface area contributed by atoms with Crippen LogP contribution in [-0.4, -0.2) is 30.4 Å². The van der Waals surface area contributed by atoms with E-state index in [1.54, 1.807) is 13.1 Å². The molecule has 0 aromatic heterocycles. The van der Waals surface area contributed by atoms with E-state index >= 15 is 0 Å². The average molecular weight is 305 g/mol. The number of rotatable bonds is 7. The summed E-state index contributed by atoms with van der Waals surface area (Å²) < 4.78 is 0. The molecule has 5 nitrogen and oxygen atoms in total. The summed E-state index contributed by atoms with van der Waals surface area (Å²) in [5.74, 6) is -0.158. The number of anilines is 1. The molecule has 2 amide bonds. The fourth-order valence-corrected chi connectivity index (χ4v) is 2.11. The molecule has 0 unspecified atom stereocenters. The van der Waals surface area contributed by atoms with Gasteiger partial charge in [-0.05, 0) is 46.2 Å². The van der Waals surface area contributed by atoms with E-state index in [0.717, 1.165) is 5.69 Å². The van der Waals surface area contributed by atoms with Gasteiger partial charge in [0.2, 0.25) is 5.91 Å². The van der Waals surface area contributed by atoms with Crippen molar-refractivity contribution < 1.29 is 9.59 Å². The minimum absolute atomic E-state index is 0.0239. The molecule has 0 radical (unpaired) electrons. The maximum Gasteiger partial charge on any atom is 0.253 e. The van der Waals surface area contributed by atoms with Crippen LogP contribution in [-0.2, 0) is 4.79 Å². The molecule has 0 atom stereocenters. The predicted molar refractivity (Wildman–Crippen MR) is 90.0 cm³/mol. The molecular formula is C17H27N3O2. The Balaban J connectivity index is 2.77. The molecule has 122 valence electrons. The molecule has 22 heavy (non-hydrogen) atoms. The smallest absolute Gasteiger partial charge is 0.253 e. The Morgan fingerprint density at radius 1 is 1.18 bits per heavy atom. The molecule has 0 aliphatic carbocycles. The second-order valence-corrected chi connectivity index (χ2v) is 6.36. The van der Waals surface area contributed by atoms with Crippen LogP contribution in [0.2, 0.25) is 0 Å². The highest BCUT2D eigenvalue weighted by molar-refractivity contribution is 6.00. The first-order chi connectivity index (χ1) is 10.2. The summed E-state index contributed by atoms with van der Waals surface area (Å²) in [6, 6.07) is 7.69. The Bertz CT molecular complexity index is 524. The van der Waals surface area contributed by atoms with Crippen LogP contribution < -0.4 is 16.0 Å². The quantitative estimate of drug-likeness (QED) is 0.725. The van der Waals surface area contributed by atoms with Crippen LogP contribution >= 0.6 is 0 Å². The van der Waals surface area contributed by atoms with Crippen LogP contribution in [0, 0.1) is 0 Å². The minimum atomic E-state index is -0.450. The Kier molecular flexibility index (Phi) is 6.40. The van der Waals surface area contributed by atoms with Gasteiger partial charge in [0.05, 0.1) is 5.56 Å². The summed E-state index contributed by atoms with van der Waals surface area (Å²) in [5.41, 5.74) is 0.982. The first-order valence-corrected chi connectivity index (χ1v) is 7.64. The van der Waals surface area contributed by atoms with Crippen LogP contribution in [0.5, 0.6) is 0 Å². The number of benzene rings is 1. The Labute approximate surface area is 132 Å². The second kappa shape index (κ2) is 7.82. The number of para-hydroxylation sites is 1. The molecule has 0 aliphatic rings. The molecule has 0 saturated heterocycles. The molecule has 0 saturated carbocycles. The van der Waals surface area contributed by atoms with Gasteiger partial charge in [-0.2, -0.15) is 0 Å². The maximum absolute atomic E-state index is 12.5. The molecule has 0 fully saturated rings. The van der Waals surface area contributed by atoms with Crippen molar-refractivity contribution >= 4 is 17.5 Å². The fraction of sp³-hybridized carbons (Fsp3) is 0.529. The molecule has 0 heterocycles. The highest BCUT2D eigenvalue weighted by Crippen LogP contribution is 2.18. The standard InChI is InChI=1S/C17H27N3O2/c1-12(2)19-14-9-7-6-8-13(14)16(22)20-17(3,4)11-10-15(21)18-5/h6-9,12,19H,10-11H2,1-5H3,(H,18,21)(H,20,22). The lowest BCUT2D eigenvalue weighted by Gasteiger charge is -2.27. The first kappa shape index (κ1) is 18.0. The molecule has 0 spiro atoms. The summed E-state index contributed by atoms with van der Waals surface area (Å²) in [5, 5.41) is 8.87. The van der Waals surface area contributed by atoms with Gasteiger partial charge < -0.3 is 16.0 Å². The zero-order valence-corrected chi connectivity index (χ0v) is 14.1. The lowest BCUT2D eigenvalue weighted by molar-refractivity contribution is -0.121. The fourth-order valence-electron chi connectivity index (χ4n) is 2.11. The number of carbonyl (C=O) groups is 2. The van der Waals surface area contributed by atoms with Crippen LogP contribution in [0.25, 0.3) is 0 Å². The van der Waals surface area contributed by atoms with Crippen molar-refractivity contribution in [3.8, 4) is 0 Å². The summed E-state index contributed by atoms with van der Waals surface area (Å²) >= 11 is 0. The molecular weight excluding hydrogens is 278 g/mol. The first-order valence-electron chi connectivity index (χ1n) is 7.64. The third kappa shape index (κ3) is 5.76. The van der Waals surface area contributed by atoms with Crippen molar-refractivity contribution in [2.24, 2.45) is 0 Å².